The van der Waals surface area contributed by atoms with Gasteiger partial charge >= 0.3 is 0 Å². The minimum absolute atomic E-state index is 0.0787. The van der Waals surface area contributed by atoms with Gasteiger partial charge in [-0.25, -0.2) is 9.37 Å². The van der Waals surface area contributed by atoms with Crippen molar-refractivity contribution in [2.24, 2.45) is 5.92 Å². The fourth-order valence-electron chi connectivity index (χ4n) is 3.39. The van der Waals surface area contributed by atoms with Crippen molar-refractivity contribution in [1.82, 2.24) is 9.88 Å². The van der Waals surface area contributed by atoms with Crippen molar-refractivity contribution in [3.8, 4) is 11.5 Å². The molecule has 8 heteroatoms. The number of ether oxygens (including phenoxy) is 2. The fourth-order valence-corrected chi connectivity index (χ4v) is 4.09. The molecular weight excluding hydrogens is 431 g/mol. The first-order valence-electron chi connectivity index (χ1n) is 10.4. The minimum Gasteiger partial charge on any atom is -0.493 e. The largest absolute Gasteiger partial charge is 0.493 e. The molecule has 1 aliphatic rings. The summed E-state index contributed by atoms with van der Waals surface area (Å²) in [6.07, 6.45) is 1.83. The summed E-state index contributed by atoms with van der Waals surface area (Å²) in [5.41, 5.74) is 2.41. The van der Waals surface area contributed by atoms with Crippen molar-refractivity contribution in [3.63, 3.8) is 0 Å². The number of thiazole rings is 1. The second-order valence-corrected chi connectivity index (χ2v) is 8.70. The van der Waals surface area contributed by atoms with Crippen LogP contribution in [0.1, 0.15) is 34.7 Å². The molecule has 0 saturated heterocycles. The Morgan fingerprint density at radius 3 is 2.53 bits per heavy atom. The lowest BCUT2D eigenvalue weighted by Gasteiger charge is -2.24. The summed E-state index contributed by atoms with van der Waals surface area (Å²) < 4.78 is 24.6. The zero-order valence-corrected chi connectivity index (χ0v) is 18.6. The molecule has 1 N–H and O–H groups in total. The van der Waals surface area contributed by atoms with E-state index in [4.69, 9.17) is 9.47 Å². The van der Waals surface area contributed by atoms with Gasteiger partial charge in [-0.2, -0.15) is 0 Å². The molecular formula is C24H25FN2O4S. The van der Waals surface area contributed by atoms with E-state index in [-0.39, 0.29) is 30.9 Å². The molecule has 0 bridgehead atoms. The first-order chi connectivity index (χ1) is 15.6. The van der Waals surface area contributed by atoms with Gasteiger partial charge in [-0.1, -0.05) is 18.2 Å². The van der Waals surface area contributed by atoms with Crippen molar-refractivity contribution in [2.45, 2.75) is 39.1 Å². The maximum absolute atomic E-state index is 13.3. The maximum Gasteiger partial charge on any atom is 0.226 e. The molecule has 32 heavy (non-hydrogen) atoms. The lowest BCUT2D eigenvalue weighted by atomic mass is 10.1. The summed E-state index contributed by atoms with van der Waals surface area (Å²) in [7, 11) is 1.58. The number of carbonyl (C=O) groups is 1. The van der Waals surface area contributed by atoms with E-state index in [0.29, 0.717) is 30.3 Å². The molecule has 0 aliphatic heterocycles. The van der Waals surface area contributed by atoms with Crippen LogP contribution < -0.4 is 9.47 Å². The fraction of sp³-hybridized carbons (Fsp3) is 0.333. The molecule has 4 rings (SSSR count). The summed E-state index contributed by atoms with van der Waals surface area (Å²) in [4.78, 5) is 19.0. The maximum atomic E-state index is 13.3. The Balaban J connectivity index is 1.50. The summed E-state index contributed by atoms with van der Waals surface area (Å²) in [6, 6.07) is 11.8. The first-order valence-corrected chi connectivity index (χ1v) is 11.3. The first kappa shape index (κ1) is 22.2. The molecule has 1 saturated carbocycles. The normalized spacial score (nSPS) is 13.1. The molecule has 0 radical (unpaired) electrons. The van der Waals surface area contributed by atoms with Gasteiger partial charge in [0.05, 0.1) is 19.4 Å². The molecule has 0 spiro atoms. The molecule has 1 fully saturated rings. The molecule has 0 atom stereocenters. The molecule has 1 aliphatic carbocycles. The van der Waals surface area contributed by atoms with Crippen LogP contribution in [-0.4, -0.2) is 28.0 Å². The Labute approximate surface area is 190 Å². The van der Waals surface area contributed by atoms with Crippen molar-refractivity contribution in [3.05, 3.63) is 75.5 Å². The van der Waals surface area contributed by atoms with E-state index >= 15 is 0 Å². The lowest BCUT2D eigenvalue weighted by Crippen LogP contribution is -2.31. The molecule has 2 aromatic carbocycles. The van der Waals surface area contributed by atoms with Crippen LogP contribution in [0, 0.1) is 11.7 Å². The monoisotopic (exact) mass is 456 g/mol. The number of aliphatic hydroxyl groups excluding tert-OH is 1. The van der Waals surface area contributed by atoms with Crippen LogP contribution in [-0.2, 0) is 31.1 Å². The number of nitrogens with zero attached hydrogens (tertiary/aromatic N) is 2. The Morgan fingerprint density at radius 2 is 1.88 bits per heavy atom. The van der Waals surface area contributed by atoms with E-state index in [2.05, 4.69) is 4.98 Å². The Morgan fingerprint density at radius 1 is 1.16 bits per heavy atom. The minimum atomic E-state index is -0.294. The third-order valence-electron chi connectivity index (χ3n) is 5.24. The average molecular weight is 457 g/mol. The van der Waals surface area contributed by atoms with Crippen LogP contribution >= 0.6 is 11.3 Å². The van der Waals surface area contributed by atoms with E-state index < -0.39 is 0 Å². The number of amides is 1. The number of aromatic nitrogens is 1. The number of hydrogen-bond acceptors (Lipinski definition) is 6. The van der Waals surface area contributed by atoms with Crippen molar-refractivity contribution in [1.29, 1.82) is 0 Å². The number of carbonyl (C=O) groups excluding carboxylic acids is 1. The quantitative estimate of drug-likeness (QED) is 0.493. The number of benzene rings is 2. The topological polar surface area (TPSA) is 71.9 Å². The molecule has 6 nitrogen and oxygen atoms in total. The van der Waals surface area contributed by atoms with Gasteiger partial charge in [0.2, 0.25) is 5.91 Å². The Kier molecular flexibility index (Phi) is 7.02. The number of halogens is 1. The van der Waals surface area contributed by atoms with Crippen LogP contribution in [0.5, 0.6) is 11.5 Å². The zero-order chi connectivity index (χ0) is 22.5. The van der Waals surface area contributed by atoms with Crippen LogP contribution in [0.3, 0.4) is 0 Å². The third kappa shape index (κ3) is 5.63. The van der Waals surface area contributed by atoms with Gasteiger partial charge in [0.15, 0.2) is 11.5 Å². The second-order valence-electron chi connectivity index (χ2n) is 7.76. The van der Waals surface area contributed by atoms with Gasteiger partial charge in [0, 0.05) is 24.4 Å². The number of methoxy groups -OCH3 is 1. The van der Waals surface area contributed by atoms with E-state index in [1.54, 1.807) is 24.6 Å². The van der Waals surface area contributed by atoms with Gasteiger partial charge in [-0.05, 0) is 48.2 Å². The molecule has 1 aromatic heterocycles. The number of aliphatic hydroxyl groups is 1. The van der Waals surface area contributed by atoms with E-state index in [1.807, 2.05) is 23.1 Å². The Hall–Kier alpha value is -2.97. The van der Waals surface area contributed by atoms with Crippen LogP contribution in [0.25, 0.3) is 0 Å². The average Bonchev–Trinajstić information content (AvgIpc) is 3.56. The highest BCUT2D eigenvalue weighted by atomic mass is 32.1. The molecule has 168 valence electrons. The van der Waals surface area contributed by atoms with Gasteiger partial charge in [0.1, 0.15) is 17.4 Å². The number of rotatable bonds is 10. The van der Waals surface area contributed by atoms with Crippen LogP contribution in [0.4, 0.5) is 4.39 Å². The lowest BCUT2D eigenvalue weighted by molar-refractivity contribution is -0.133. The highest BCUT2D eigenvalue weighted by molar-refractivity contribution is 7.09. The molecule has 1 amide bonds. The summed E-state index contributed by atoms with van der Waals surface area (Å²) in [5, 5.41) is 11.7. The summed E-state index contributed by atoms with van der Waals surface area (Å²) in [6.45, 7) is 0.985. The van der Waals surface area contributed by atoms with Gasteiger partial charge < -0.3 is 19.5 Å². The van der Waals surface area contributed by atoms with Gasteiger partial charge in [0.25, 0.3) is 0 Å². The third-order valence-corrected chi connectivity index (χ3v) is 6.11. The number of hydrogen-bond donors (Lipinski definition) is 1. The highest BCUT2D eigenvalue weighted by Gasteiger charge is 2.33. The summed E-state index contributed by atoms with van der Waals surface area (Å²) in [5.74, 6) is 1.05. The van der Waals surface area contributed by atoms with E-state index in [9.17, 15) is 14.3 Å². The molecule has 1 heterocycles. The molecule has 3 aromatic rings. The van der Waals surface area contributed by atoms with Crippen molar-refractivity contribution < 1.29 is 23.8 Å². The van der Waals surface area contributed by atoms with Crippen molar-refractivity contribution >= 4 is 17.2 Å². The summed E-state index contributed by atoms with van der Waals surface area (Å²) >= 11 is 1.42. The highest BCUT2D eigenvalue weighted by Crippen LogP contribution is 2.33. The van der Waals surface area contributed by atoms with Crippen LogP contribution in [0.15, 0.2) is 47.8 Å². The second kappa shape index (κ2) is 10.1. The van der Waals surface area contributed by atoms with Gasteiger partial charge in [-0.3, -0.25) is 4.79 Å². The predicted molar refractivity (Wildman–Crippen MR) is 119 cm³/mol. The van der Waals surface area contributed by atoms with E-state index in [0.717, 1.165) is 29.0 Å². The van der Waals surface area contributed by atoms with E-state index in [1.165, 1.54) is 23.5 Å². The predicted octanol–water partition coefficient (Wildman–Crippen LogP) is 4.30. The van der Waals surface area contributed by atoms with Gasteiger partial charge in [-0.15, -0.1) is 11.3 Å². The molecule has 0 unspecified atom stereocenters. The SMILES string of the molecule is COc1ccc(CN(Cc2ccc(F)cc2)C(=O)C2CC2)cc1OCc1nc(CO)cs1. The Bertz CT molecular complexity index is 1070. The van der Waals surface area contributed by atoms with Crippen molar-refractivity contribution in [2.75, 3.05) is 7.11 Å². The van der Waals surface area contributed by atoms with Crippen LogP contribution in [0.2, 0.25) is 0 Å². The zero-order valence-electron chi connectivity index (χ0n) is 17.8. The standard InChI is InChI=1S/C24H25FN2O4S/c1-30-21-9-4-17(10-22(21)31-14-23-26-20(13-28)15-32-23)12-27(24(29)18-5-6-18)11-16-2-7-19(25)8-3-16/h2-4,7-10,15,18,28H,5-6,11-14H2,1H3. The smallest absolute Gasteiger partial charge is 0.226 e.